The van der Waals surface area contributed by atoms with Gasteiger partial charge < -0.3 is 30.7 Å². The molecule has 6 amide bonds. The maximum atomic E-state index is 13.3. The van der Waals surface area contributed by atoms with Crippen molar-refractivity contribution in [2.75, 3.05) is 49.3 Å². The molecule has 1 aromatic carbocycles. The van der Waals surface area contributed by atoms with Crippen LogP contribution in [0.4, 0.5) is 21.9 Å². The number of hydrogen-bond acceptors (Lipinski definition) is 12. The first-order chi connectivity index (χ1) is 26.0. The maximum Gasteiger partial charge on any atom is 0.323 e. The van der Waals surface area contributed by atoms with E-state index < -0.39 is 41.8 Å². The first kappa shape index (κ1) is 38.4. The normalized spacial score (nSPS) is 16.0. The SMILES string of the molecule is CO[C@@H](C)c1c(NC(=O)Nc2cc(Cl)cnc2OCCNCCCCCNc2cccc3c2C(=O)N(C2CCC(=O)NC2=O)C3=O)cnc2cc(Cl)nn12. The summed E-state index contributed by atoms with van der Waals surface area (Å²) in [6.45, 7) is 3.88. The molecule has 5 heterocycles. The standard InChI is InChI=1S/C35H38Cl2N10O7/c1-19(53-2)30-24(18-40-27-16-26(37)45-47(27)30)43-35(52)42-23-15-20(36)17-41-32(23)54-14-13-38-11-4-3-5-12-39-22-8-6-7-21-29(22)34(51)46(33(21)50)25-9-10-28(48)44-31(25)49/h6-8,15-19,25,38-39H,3-5,9-14H2,1-2H3,(H2,42,43,52)(H,44,48,49)/t19-,25?/m0/s1. The molecule has 284 valence electrons. The van der Waals surface area contributed by atoms with Crippen molar-refractivity contribution in [1.82, 2.24) is 35.1 Å². The van der Waals surface area contributed by atoms with Gasteiger partial charge in [-0.3, -0.25) is 29.4 Å². The highest BCUT2D eigenvalue weighted by Crippen LogP contribution is 2.33. The molecule has 54 heavy (non-hydrogen) atoms. The number of urea groups is 1. The van der Waals surface area contributed by atoms with Crippen LogP contribution in [0.15, 0.2) is 42.7 Å². The van der Waals surface area contributed by atoms with E-state index >= 15 is 0 Å². The Morgan fingerprint density at radius 1 is 0.981 bits per heavy atom. The third kappa shape index (κ3) is 8.54. The lowest BCUT2D eigenvalue weighted by molar-refractivity contribution is -0.136. The maximum absolute atomic E-state index is 13.3. The number of rotatable bonds is 16. The number of piperidine rings is 1. The van der Waals surface area contributed by atoms with Crippen LogP contribution >= 0.6 is 23.2 Å². The number of carbonyl (C=O) groups is 5. The smallest absolute Gasteiger partial charge is 0.323 e. The van der Waals surface area contributed by atoms with Gasteiger partial charge in [-0.2, -0.15) is 5.10 Å². The Morgan fingerprint density at radius 3 is 2.57 bits per heavy atom. The number of unbranched alkanes of at least 4 members (excludes halogenated alkanes) is 2. The molecule has 1 fully saturated rings. The van der Waals surface area contributed by atoms with Crippen LogP contribution in [0.25, 0.3) is 5.65 Å². The quantitative estimate of drug-likeness (QED) is 0.0790. The van der Waals surface area contributed by atoms with Crippen LogP contribution in [0, 0.1) is 0 Å². The summed E-state index contributed by atoms with van der Waals surface area (Å²) in [5.74, 6) is -1.95. The molecule has 0 spiro atoms. The van der Waals surface area contributed by atoms with Crippen molar-refractivity contribution in [3.8, 4) is 5.88 Å². The number of imide groups is 2. The number of benzene rings is 1. The first-order valence-electron chi connectivity index (χ1n) is 17.3. The second kappa shape index (κ2) is 17.2. The monoisotopic (exact) mass is 780 g/mol. The van der Waals surface area contributed by atoms with E-state index in [1.165, 1.54) is 30.1 Å². The number of ether oxygens (including phenoxy) is 2. The molecule has 4 aromatic rings. The molecule has 1 unspecified atom stereocenters. The summed E-state index contributed by atoms with van der Waals surface area (Å²) in [4.78, 5) is 72.8. The van der Waals surface area contributed by atoms with Crippen LogP contribution in [0.3, 0.4) is 0 Å². The summed E-state index contributed by atoms with van der Waals surface area (Å²) in [6, 6.07) is 6.52. The van der Waals surface area contributed by atoms with Crippen molar-refractivity contribution in [2.24, 2.45) is 0 Å². The van der Waals surface area contributed by atoms with E-state index in [9.17, 15) is 24.0 Å². The molecule has 3 aromatic heterocycles. The lowest BCUT2D eigenvalue weighted by Gasteiger charge is -2.27. The number of carbonyl (C=O) groups excluding carboxylic acids is 5. The zero-order chi connectivity index (χ0) is 38.4. The fourth-order valence-electron chi connectivity index (χ4n) is 6.21. The van der Waals surface area contributed by atoms with Gasteiger partial charge in [-0.1, -0.05) is 35.7 Å². The number of nitrogens with zero attached hydrogens (tertiary/aromatic N) is 5. The van der Waals surface area contributed by atoms with E-state index in [1.807, 2.05) is 0 Å². The number of halogens is 2. The van der Waals surface area contributed by atoms with Gasteiger partial charge in [0, 0.05) is 44.6 Å². The van der Waals surface area contributed by atoms with Crippen LogP contribution < -0.4 is 31.3 Å². The molecule has 2 atom stereocenters. The molecule has 0 radical (unpaired) electrons. The van der Waals surface area contributed by atoms with Gasteiger partial charge >= 0.3 is 6.03 Å². The highest BCUT2D eigenvalue weighted by molar-refractivity contribution is 6.31. The fourth-order valence-corrected chi connectivity index (χ4v) is 6.54. The number of pyridine rings is 1. The third-order valence-electron chi connectivity index (χ3n) is 8.88. The Hall–Kier alpha value is -5.36. The zero-order valence-electron chi connectivity index (χ0n) is 29.4. The van der Waals surface area contributed by atoms with Gasteiger partial charge in [0.2, 0.25) is 17.7 Å². The largest absolute Gasteiger partial charge is 0.475 e. The summed E-state index contributed by atoms with van der Waals surface area (Å²) in [7, 11) is 1.54. The Balaban J connectivity index is 0.921. The van der Waals surface area contributed by atoms with E-state index in [4.69, 9.17) is 32.7 Å². The summed E-state index contributed by atoms with van der Waals surface area (Å²) in [5, 5.41) is 19.1. The Kier molecular flexibility index (Phi) is 12.2. The lowest BCUT2D eigenvalue weighted by Crippen LogP contribution is -2.54. The van der Waals surface area contributed by atoms with Gasteiger partial charge in [-0.05, 0) is 50.9 Å². The fraction of sp³-hybridized carbons (Fsp3) is 0.371. The second-order valence-corrected chi connectivity index (χ2v) is 13.3. The summed E-state index contributed by atoms with van der Waals surface area (Å²) < 4.78 is 12.8. The van der Waals surface area contributed by atoms with Gasteiger partial charge in [0.25, 0.3) is 11.8 Å². The number of amides is 6. The van der Waals surface area contributed by atoms with Crippen LogP contribution in [-0.2, 0) is 14.3 Å². The van der Waals surface area contributed by atoms with Gasteiger partial charge in [-0.15, -0.1) is 0 Å². The van der Waals surface area contributed by atoms with Crippen LogP contribution in [0.1, 0.15) is 71.5 Å². The van der Waals surface area contributed by atoms with Crippen molar-refractivity contribution < 1.29 is 33.4 Å². The third-order valence-corrected chi connectivity index (χ3v) is 9.27. The summed E-state index contributed by atoms with van der Waals surface area (Å²) in [5.41, 5.74) is 2.67. The van der Waals surface area contributed by atoms with Crippen molar-refractivity contribution >= 4 is 75.6 Å². The molecule has 1 saturated heterocycles. The van der Waals surface area contributed by atoms with E-state index in [0.717, 1.165) is 30.7 Å². The molecule has 17 nitrogen and oxygen atoms in total. The van der Waals surface area contributed by atoms with Crippen LogP contribution in [-0.4, -0.2) is 93.5 Å². The number of fused-ring (bicyclic) bond motifs is 2. The Morgan fingerprint density at radius 2 is 1.78 bits per heavy atom. The van der Waals surface area contributed by atoms with Crippen molar-refractivity contribution in [1.29, 1.82) is 0 Å². The minimum atomic E-state index is -1.01. The van der Waals surface area contributed by atoms with E-state index in [1.54, 1.807) is 31.2 Å². The molecular formula is C35H38Cl2N10O7. The molecule has 0 saturated carbocycles. The minimum Gasteiger partial charge on any atom is -0.475 e. The first-order valence-corrected chi connectivity index (χ1v) is 18.0. The topological polar surface area (TPSA) is 210 Å². The summed E-state index contributed by atoms with van der Waals surface area (Å²) >= 11 is 12.3. The Labute approximate surface area is 319 Å². The highest BCUT2D eigenvalue weighted by Gasteiger charge is 2.45. The predicted molar refractivity (Wildman–Crippen MR) is 199 cm³/mol. The lowest BCUT2D eigenvalue weighted by atomic mass is 10.0. The van der Waals surface area contributed by atoms with Crippen LogP contribution in [0.2, 0.25) is 10.2 Å². The van der Waals surface area contributed by atoms with Crippen molar-refractivity contribution in [2.45, 2.75) is 51.2 Å². The molecule has 0 aliphatic carbocycles. The highest BCUT2D eigenvalue weighted by atomic mass is 35.5. The van der Waals surface area contributed by atoms with E-state index in [0.29, 0.717) is 40.8 Å². The van der Waals surface area contributed by atoms with Gasteiger partial charge in [0.1, 0.15) is 18.3 Å². The number of hydrogen-bond donors (Lipinski definition) is 5. The number of methoxy groups -OCH3 is 1. The predicted octanol–water partition coefficient (Wildman–Crippen LogP) is 4.43. The average molecular weight is 782 g/mol. The van der Waals surface area contributed by atoms with Crippen molar-refractivity contribution in [3.05, 3.63) is 69.7 Å². The molecule has 19 heteroatoms. The molecule has 6 rings (SSSR count). The molecule has 0 bridgehead atoms. The molecular weight excluding hydrogens is 743 g/mol. The van der Waals surface area contributed by atoms with Gasteiger partial charge in [0.05, 0.1) is 39.8 Å². The Bertz CT molecular complexity index is 2090. The number of aromatic nitrogens is 4. The minimum absolute atomic E-state index is 0.0627. The second-order valence-electron chi connectivity index (χ2n) is 12.5. The van der Waals surface area contributed by atoms with E-state index in [-0.39, 0.29) is 47.3 Å². The van der Waals surface area contributed by atoms with Gasteiger partial charge in [0.15, 0.2) is 10.8 Å². The van der Waals surface area contributed by atoms with Crippen LogP contribution in [0.5, 0.6) is 5.88 Å². The van der Waals surface area contributed by atoms with E-state index in [2.05, 4.69) is 41.7 Å². The number of anilines is 3. The van der Waals surface area contributed by atoms with Crippen molar-refractivity contribution in [3.63, 3.8) is 0 Å². The zero-order valence-corrected chi connectivity index (χ0v) is 30.9. The molecule has 2 aliphatic rings. The number of nitrogens with one attached hydrogen (secondary N) is 5. The molecule has 5 N–H and O–H groups in total. The summed E-state index contributed by atoms with van der Waals surface area (Å²) in [6.07, 6.45) is 5.19. The molecule has 2 aliphatic heterocycles. The van der Waals surface area contributed by atoms with Gasteiger partial charge in [-0.25, -0.2) is 19.3 Å². The average Bonchev–Trinajstić information content (AvgIpc) is 3.64.